The lowest BCUT2D eigenvalue weighted by atomic mass is 10.1. The van der Waals surface area contributed by atoms with Gasteiger partial charge >= 0.3 is 0 Å². The highest BCUT2D eigenvalue weighted by molar-refractivity contribution is 5.78. The van der Waals surface area contributed by atoms with Gasteiger partial charge < -0.3 is 5.32 Å². The molecule has 1 rings (SSSR count). The van der Waals surface area contributed by atoms with Crippen molar-refractivity contribution in [1.29, 1.82) is 0 Å². The Hall–Kier alpha value is -1.38. The number of nitrogens with one attached hydrogen (secondary N) is 1. The maximum Gasteiger partial charge on any atom is 0.224 e. The summed E-state index contributed by atoms with van der Waals surface area (Å²) in [6, 6.07) is 6.17. The monoisotopic (exact) mass is 166 g/mol. The number of rotatable bonds is 2. The molecule has 0 saturated heterocycles. The minimum Gasteiger partial charge on any atom is -0.354 e. The van der Waals surface area contributed by atoms with Gasteiger partial charge in [-0.25, -0.2) is 4.39 Å². The first-order chi connectivity index (χ1) is 5.74. The molecule has 0 fully saturated rings. The van der Waals surface area contributed by atoms with Gasteiger partial charge in [0.05, 0.1) is 6.42 Å². The second-order valence-corrected chi connectivity index (χ2v) is 2.37. The van der Waals surface area contributed by atoms with Crippen LogP contribution in [0.15, 0.2) is 24.3 Å². The van der Waals surface area contributed by atoms with Crippen LogP contribution >= 0.6 is 0 Å². The predicted molar refractivity (Wildman–Crippen MR) is 43.6 cm³/mol. The van der Waals surface area contributed by atoms with E-state index < -0.39 is 0 Å². The average molecular weight is 166 g/mol. The van der Waals surface area contributed by atoms with Crippen LogP contribution in [0.4, 0.5) is 4.39 Å². The molecule has 0 aliphatic carbocycles. The Labute approximate surface area is 70.4 Å². The summed E-state index contributed by atoms with van der Waals surface area (Å²) in [5.41, 5.74) is 0.388. The van der Waals surface area contributed by atoms with E-state index in [4.69, 9.17) is 0 Å². The lowest BCUT2D eigenvalue weighted by molar-refractivity contribution is -0.119. The van der Waals surface area contributed by atoms with E-state index in [1.807, 2.05) is 0 Å². The number of benzene rings is 1. The zero-order chi connectivity index (χ0) is 8.97. The fourth-order valence-electron chi connectivity index (χ4n) is 0.877. The molecule has 1 N–H and O–H groups in total. The molecule has 0 heterocycles. The largest absolute Gasteiger partial charge is 0.354 e. The molecule has 63 valence electrons. The van der Waals surface area contributed by atoms with E-state index in [9.17, 15) is 9.18 Å². The van der Waals surface area contributed by atoms with E-state index in [1.54, 1.807) is 18.2 Å². The summed E-state index contributed by atoms with van der Waals surface area (Å²) < 4.78 is 12.9. The standard InChI is InChI=1S/C9H9FNO/c1-11-9(12)6-7-4-2-3-5-8(7)10/h2-5H,1,6H2,(H,11,12). The van der Waals surface area contributed by atoms with Crippen molar-refractivity contribution in [2.75, 3.05) is 0 Å². The van der Waals surface area contributed by atoms with Crippen LogP contribution in [0, 0.1) is 12.9 Å². The molecule has 0 aliphatic heterocycles. The summed E-state index contributed by atoms with van der Waals surface area (Å²) in [5, 5.41) is 2.19. The zero-order valence-corrected chi connectivity index (χ0v) is 6.51. The number of hydrogen-bond acceptors (Lipinski definition) is 1. The third kappa shape index (κ3) is 2.05. The van der Waals surface area contributed by atoms with Crippen LogP contribution in [-0.2, 0) is 11.2 Å². The molecule has 0 unspecified atom stereocenters. The van der Waals surface area contributed by atoms with Gasteiger partial charge in [0.2, 0.25) is 5.91 Å². The van der Waals surface area contributed by atoms with E-state index in [-0.39, 0.29) is 18.1 Å². The van der Waals surface area contributed by atoms with E-state index in [1.165, 1.54) is 6.07 Å². The van der Waals surface area contributed by atoms with Crippen molar-refractivity contribution in [2.45, 2.75) is 6.42 Å². The fourth-order valence-corrected chi connectivity index (χ4v) is 0.877. The van der Waals surface area contributed by atoms with Crippen molar-refractivity contribution in [3.8, 4) is 0 Å². The molecule has 1 aromatic rings. The maximum atomic E-state index is 12.9. The van der Waals surface area contributed by atoms with Gasteiger partial charge in [0.15, 0.2) is 0 Å². The summed E-state index contributed by atoms with van der Waals surface area (Å²) in [6.07, 6.45) is 0.0379. The Balaban J connectivity index is 2.75. The summed E-state index contributed by atoms with van der Waals surface area (Å²) in [5.74, 6) is -0.652. The average Bonchev–Trinajstić information content (AvgIpc) is 2.09. The second kappa shape index (κ2) is 3.85. The van der Waals surface area contributed by atoms with Crippen LogP contribution in [-0.4, -0.2) is 5.91 Å². The molecule has 3 heteroatoms. The molecule has 0 atom stereocenters. The topological polar surface area (TPSA) is 29.1 Å². The highest BCUT2D eigenvalue weighted by Crippen LogP contribution is 2.06. The highest BCUT2D eigenvalue weighted by atomic mass is 19.1. The Bertz CT molecular complexity index is 286. The van der Waals surface area contributed by atoms with Crippen LogP contribution in [0.3, 0.4) is 0 Å². The molecule has 0 spiro atoms. The SMILES string of the molecule is [CH2]NC(=O)Cc1ccccc1F. The number of carbonyl (C=O) groups excluding carboxylic acids is 1. The number of halogens is 1. The quantitative estimate of drug-likeness (QED) is 0.704. The third-order valence-corrected chi connectivity index (χ3v) is 1.51. The van der Waals surface area contributed by atoms with Gasteiger partial charge in [0, 0.05) is 7.05 Å². The summed E-state index contributed by atoms with van der Waals surface area (Å²) >= 11 is 0. The summed E-state index contributed by atoms with van der Waals surface area (Å²) in [7, 11) is 3.19. The minimum absolute atomic E-state index is 0.0379. The molecule has 2 nitrogen and oxygen atoms in total. The van der Waals surface area contributed by atoms with Gasteiger partial charge in [0.25, 0.3) is 0 Å². The molecule has 1 amide bonds. The van der Waals surface area contributed by atoms with Gasteiger partial charge in [-0.15, -0.1) is 0 Å². The van der Waals surface area contributed by atoms with Gasteiger partial charge in [-0.3, -0.25) is 4.79 Å². The molecule has 0 bridgehead atoms. The fraction of sp³-hybridized carbons (Fsp3) is 0.111. The van der Waals surface area contributed by atoms with Crippen molar-refractivity contribution >= 4 is 5.91 Å². The van der Waals surface area contributed by atoms with Crippen molar-refractivity contribution < 1.29 is 9.18 Å². The highest BCUT2D eigenvalue weighted by Gasteiger charge is 2.04. The first-order valence-electron chi connectivity index (χ1n) is 3.53. The molecule has 0 aliphatic rings. The van der Waals surface area contributed by atoms with Crippen LogP contribution < -0.4 is 5.32 Å². The Morgan fingerprint density at radius 1 is 1.50 bits per heavy atom. The predicted octanol–water partition coefficient (Wildman–Crippen LogP) is 1.28. The van der Waals surface area contributed by atoms with Crippen molar-refractivity contribution in [3.05, 3.63) is 42.7 Å². The Morgan fingerprint density at radius 3 is 2.75 bits per heavy atom. The van der Waals surface area contributed by atoms with Crippen molar-refractivity contribution in [1.82, 2.24) is 5.32 Å². The van der Waals surface area contributed by atoms with Gasteiger partial charge in [0.1, 0.15) is 5.82 Å². The molecular weight excluding hydrogens is 157 g/mol. The van der Waals surface area contributed by atoms with Gasteiger partial charge in [-0.1, -0.05) is 18.2 Å². The van der Waals surface area contributed by atoms with Crippen LogP contribution in [0.5, 0.6) is 0 Å². The van der Waals surface area contributed by atoms with E-state index >= 15 is 0 Å². The molecule has 0 saturated carbocycles. The van der Waals surface area contributed by atoms with Crippen molar-refractivity contribution in [2.24, 2.45) is 0 Å². The van der Waals surface area contributed by atoms with Gasteiger partial charge in [-0.05, 0) is 11.6 Å². The van der Waals surface area contributed by atoms with Crippen LogP contribution in [0.2, 0.25) is 0 Å². The molecular formula is C9H9FNO. The van der Waals surface area contributed by atoms with Crippen LogP contribution in [0.1, 0.15) is 5.56 Å². The maximum absolute atomic E-state index is 12.9. The summed E-state index contributed by atoms with van der Waals surface area (Å²) in [6.45, 7) is 0. The minimum atomic E-state index is -0.360. The normalized spacial score (nSPS) is 9.50. The molecule has 1 aromatic carbocycles. The zero-order valence-electron chi connectivity index (χ0n) is 6.51. The Morgan fingerprint density at radius 2 is 2.17 bits per heavy atom. The number of amides is 1. The Kier molecular flexibility index (Phi) is 2.80. The van der Waals surface area contributed by atoms with E-state index in [2.05, 4.69) is 12.4 Å². The smallest absolute Gasteiger partial charge is 0.224 e. The van der Waals surface area contributed by atoms with E-state index in [0.29, 0.717) is 5.56 Å². The number of carbonyl (C=O) groups is 1. The third-order valence-electron chi connectivity index (χ3n) is 1.51. The lowest BCUT2D eigenvalue weighted by Gasteiger charge is -2.00. The van der Waals surface area contributed by atoms with Gasteiger partial charge in [-0.2, -0.15) is 0 Å². The first-order valence-corrected chi connectivity index (χ1v) is 3.53. The molecule has 12 heavy (non-hydrogen) atoms. The van der Waals surface area contributed by atoms with Crippen molar-refractivity contribution in [3.63, 3.8) is 0 Å². The number of hydrogen-bond donors (Lipinski definition) is 1. The first kappa shape index (κ1) is 8.71. The second-order valence-electron chi connectivity index (χ2n) is 2.37. The molecule has 1 radical (unpaired) electrons. The van der Waals surface area contributed by atoms with E-state index in [0.717, 1.165) is 0 Å². The van der Waals surface area contributed by atoms with Crippen LogP contribution in [0.25, 0.3) is 0 Å². The summed E-state index contributed by atoms with van der Waals surface area (Å²) in [4.78, 5) is 10.8. The molecule has 0 aromatic heterocycles. The lowest BCUT2D eigenvalue weighted by Crippen LogP contribution is -2.18.